The molecule has 7 rings (SSSR count). The lowest BCUT2D eigenvalue weighted by molar-refractivity contribution is 0.00789. The second-order valence-corrected chi connectivity index (χ2v) is 12.3. The zero-order valence-electron chi connectivity index (χ0n) is 24.1. The van der Waals surface area contributed by atoms with Crippen LogP contribution in [0.2, 0.25) is 5.02 Å². The largest absolute Gasteiger partial charge is 0.469 e. The number of fused-ring (bicyclic) bond motifs is 2. The van der Waals surface area contributed by atoms with Gasteiger partial charge in [0.25, 0.3) is 0 Å². The van der Waals surface area contributed by atoms with Crippen molar-refractivity contribution in [3.8, 4) is 40.0 Å². The average molecular weight is 612 g/mol. The highest BCUT2D eigenvalue weighted by molar-refractivity contribution is 6.33. The topological polar surface area (TPSA) is 138 Å². The van der Waals surface area contributed by atoms with E-state index in [9.17, 15) is 15.5 Å². The lowest BCUT2D eigenvalue weighted by Gasteiger charge is -2.16. The third-order valence-electron chi connectivity index (χ3n) is 7.95. The summed E-state index contributed by atoms with van der Waals surface area (Å²) in [5.74, 6) is 0.268. The van der Waals surface area contributed by atoms with Crippen LogP contribution in [0.25, 0.3) is 39.1 Å². The lowest BCUT2D eigenvalue weighted by atomic mass is 10.0. The molecule has 0 saturated carbocycles. The molecule has 44 heavy (non-hydrogen) atoms. The number of aliphatic hydroxyl groups excluding tert-OH is 1. The molecule has 11 heteroatoms. The Hall–Kier alpha value is -4.24. The van der Waals surface area contributed by atoms with E-state index in [0.29, 0.717) is 28.2 Å². The van der Waals surface area contributed by atoms with Gasteiger partial charge in [0, 0.05) is 18.2 Å². The molecule has 2 aliphatic heterocycles. The Morgan fingerprint density at radius 1 is 1.07 bits per heavy atom. The van der Waals surface area contributed by atoms with Gasteiger partial charge in [0.2, 0.25) is 5.88 Å². The molecule has 0 radical (unpaired) electrons. The number of aliphatic hydroxyl groups is 2. The van der Waals surface area contributed by atoms with E-state index < -0.39 is 30.0 Å². The van der Waals surface area contributed by atoms with E-state index in [2.05, 4.69) is 16.2 Å². The summed E-state index contributed by atoms with van der Waals surface area (Å²) in [6.07, 6.45) is 2.22. The van der Waals surface area contributed by atoms with Gasteiger partial charge in [-0.15, -0.1) is 0 Å². The summed E-state index contributed by atoms with van der Waals surface area (Å²) in [6.45, 7) is 3.99. The predicted octanol–water partition coefficient (Wildman–Crippen LogP) is 4.83. The maximum absolute atomic E-state index is 10.1. The molecule has 2 aromatic carbocycles. The van der Waals surface area contributed by atoms with Gasteiger partial charge in [0.05, 0.1) is 46.9 Å². The number of rotatable bonds is 7. The van der Waals surface area contributed by atoms with Crippen molar-refractivity contribution in [2.24, 2.45) is 0 Å². The normalized spacial score (nSPS) is 21.5. The molecule has 0 unspecified atom stereocenters. The Balaban J connectivity index is 1.11. The minimum atomic E-state index is -0.793. The van der Waals surface area contributed by atoms with Crippen LogP contribution in [0.1, 0.15) is 25.0 Å². The van der Waals surface area contributed by atoms with Gasteiger partial charge in [-0.1, -0.05) is 48.0 Å². The molecule has 0 aliphatic carbocycles. The molecule has 10 nitrogen and oxygen atoms in total. The second kappa shape index (κ2) is 11.0. The first-order valence-electron chi connectivity index (χ1n) is 14.3. The fourth-order valence-corrected chi connectivity index (χ4v) is 6.14. The van der Waals surface area contributed by atoms with Crippen molar-refractivity contribution in [2.45, 2.75) is 50.3 Å². The van der Waals surface area contributed by atoms with E-state index in [1.807, 2.05) is 54.7 Å². The van der Waals surface area contributed by atoms with Crippen LogP contribution in [0.5, 0.6) is 5.88 Å². The average Bonchev–Trinajstić information content (AvgIpc) is 3.78. The SMILES string of the molecule is CC(C)(O)Cc1cnn(-c2ccc(-c3ccc(-c4nc5c(C#N)c(O[C@@H]6CO[C@H]7[C@@H]6OC[C@H]7O)[nH]c5cc4Cl)cc3)cc2)c1. The monoisotopic (exact) mass is 611 g/mol. The number of nitriles is 1. The fraction of sp³-hybridized carbons (Fsp3) is 0.303. The van der Waals surface area contributed by atoms with Crippen LogP contribution in [0, 0.1) is 11.3 Å². The number of nitrogens with one attached hydrogen (secondary N) is 1. The summed E-state index contributed by atoms with van der Waals surface area (Å²) in [5, 5.41) is 35.0. The quantitative estimate of drug-likeness (QED) is 0.238. The van der Waals surface area contributed by atoms with Gasteiger partial charge in [-0.3, -0.25) is 0 Å². The number of ether oxygens (including phenoxy) is 3. The summed E-state index contributed by atoms with van der Waals surface area (Å²) in [6, 6.07) is 19.9. The Kier molecular flexibility index (Phi) is 7.16. The number of hydrogen-bond acceptors (Lipinski definition) is 8. The number of H-pyrrole nitrogens is 1. The Labute approximate surface area is 258 Å². The molecule has 2 aliphatic rings. The Bertz CT molecular complexity index is 1870. The highest BCUT2D eigenvalue weighted by Crippen LogP contribution is 2.36. The van der Waals surface area contributed by atoms with Gasteiger partial charge in [-0.25, -0.2) is 9.67 Å². The standard InChI is InChI=1S/C33H30ClN5O5/c1-33(2,41)12-18-14-36-39(15-18)22-9-7-20(8-10-22)19-3-5-21(6-4-19)28-24(34)11-25-29(38-28)23(13-35)32(37-25)44-27-17-43-30-26(40)16-42-31(27)30/h3-11,14-15,26-27,30-31,37,40-41H,12,16-17H2,1-2H3/t26-,27-,30-,31-/m1/s1. The lowest BCUT2D eigenvalue weighted by Crippen LogP contribution is -2.34. The summed E-state index contributed by atoms with van der Waals surface area (Å²) in [7, 11) is 0. The maximum atomic E-state index is 10.1. The Morgan fingerprint density at radius 3 is 2.45 bits per heavy atom. The van der Waals surface area contributed by atoms with E-state index in [1.54, 1.807) is 30.8 Å². The minimum absolute atomic E-state index is 0.189. The first kappa shape index (κ1) is 28.5. The fourth-order valence-electron chi connectivity index (χ4n) is 5.88. The number of benzene rings is 2. The van der Waals surface area contributed by atoms with Gasteiger partial charge in [-0.05, 0) is 48.7 Å². The van der Waals surface area contributed by atoms with E-state index in [4.69, 9.17) is 30.8 Å². The summed E-state index contributed by atoms with van der Waals surface area (Å²) in [4.78, 5) is 7.90. The minimum Gasteiger partial charge on any atom is -0.469 e. The third-order valence-corrected chi connectivity index (χ3v) is 8.24. The van der Waals surface area contributed by atoms with Crippen molar-refractivity contribution >= 4 is 22.6 Å². The van der Waals surface area contributed by atoms with Gasteiger partial charge >= 0.3 is 0 Å². The molecule has 0 amide bonds. The summed E-state index contributed by atoms with van der Waals surface area (Å²) < 4.78 is 19.2. The van der Waals surface area contributed by atoms with E-state index in [1.165, 1.54) is 0 Å². The molecule has 5 aromatic rings. The molecule has 0 spiro atoms. The van der Waals surface area contributed by atoms with Crippen molar-refractivity contribution in [1.29, 1.82) is 5.26 Å². The number of halogens is 1. The van der Waals surface area contributed by atoms with Crippen LogP contribution < -0.4 is 4.74 Å². The van der Waals surface area contributed by atoms with Gasteiger partial charge in [-0.2, -0.15) is 10.4 Å². The zero-order valence-corrected chi connectivity index (χ0v) is 24.8. The highest BCUT2D eigenvalue weighted by Gasteiger charge is 2.48. The molecule has 3 aromatic heterocycles. The number of pyridine rings is 1. The van der Waals surface area contributed by atoms with Crippen molar-refractivity contribution < 1.29 is 24.4 Å². The number of hydrogen-bond donors (Lipinski definition) is 3. The molecule has 4 atom stereocenters. The van der Waals surface area contributed by atoms with Crippen molar-refractivity contribution in [1.82, 2.24) is 19.7 Å². The second-order valence-electron chi connectivity index (χ2n) is 11.9. The zero-order chi connectivity index (χ0) is 30.6. The van der Waals surface area contributed by atoms with Crippen molar-refractivity contribution in [3.05, 3.63) is 83.1 Å². The number of aromatic amines is 1. The van der Waals surface area contributed by atoms with Crippen molar-refractivity contribution in [3.63, 3.8) is 0 Å². The molecule has 2 saturated heterocycles. The Morgan fingerprint density at radius 2 is 1.75 bits per heavy atom. The summed E-state index contributed by atoms with van der Waals surface area (Å²) >= 11 is 6.68. The first-order chi connectivity index (χ1) is 21.2. The number of aromatic nitrogens is 4. The van der Waals surface area contributed by atoms with Crippen LogP contribution in [0.3, 0.4) is 0 Å². The molecule has 0 bridgehead atoms. The van der Waals surface area contributed by atoms with Crippen LogP contribution in [-0.4, -0.2) is 73.2 Å². The molecule has 224 valence electrons. The first-order valence-corrected chi connectivity index (χ1v) is 14.7. The van der Waals surface area contributed by atoms with Crippen LogP contribution in [0.15, 0.2) is 67.0 Å². The molecular weight excluding hydrogens is 582 g/mol. The smallest absolute Gasteiger partial charge is 0.212 e. The molecule has 5 heterocycles. The third kappa shape index (κ3) is 5.34. The van der Waals surface area contributed by atoms with Crippen LogP contribution >= 0.6 is 11.6 Å². The van der Waals surface area contributed by atoms with Gasteiger partial charge in [0.1, 0.15) is 35.5 Å². The van der Waals surface area contributed by atoms with Gasteiger partial charge in [0.15, 0.2) is 6.10 Å². The summed E-state index contributed by atoms with van der Waals surface area (Å²) in [5.41, 5.74) is 5.81. The highest BCUT2D eigenvalue weighted by atomic mass is 35.5. The van der Waals surface area contributed by atoms with Gasteiger partial charge < -0.3 is 29.4 Å². The van der Waals surface area contributed by atoms with Crippen molar-refractivity contribution in [2.75, 3.05) is 13.2 Å². The molecular formula is C33H30ClN5O5. The van der Waals surface area contributed by atoms with Crippen LogP contribution in [0.4, 0.5) is 0 Å². The van der Waals surface area contributed by atoms with E-state index >= 15 is 0 Å². The molecule has 2 fully saturated rings. The predicted molar refractivity (Wildman–Crippen MR) is 164 cm³/mol. The number of nitrogens with zero attached hydrogens (tertiary/aromatic N) is 4. The molecule has 3 N–H and O–H groups in total. The maximum Gasteiger partial charge on any atom is 0.212 e. The van der Waals surface area contributed by atoms with E-state index in [-0.39, 0.29) is 24.7 Å². The van der Waals surface area contributed by atoms with Crippen LogP contribution in [-0.2, 0) is 15.9 Å². The van der Waals surface area contributed by atoms with E-state index in [0.717, 1.165) is 27.9 Å².